The summed E-state index contributed by atoms with van der Waals surface area (Å²) in [6, 6.07) is 4.26. The standard InChI is InChI=1S/C11H9BrF3NO3/c12-9-3-1-2-7(16-9)8(17)4-6(5-10(18)19)11(13,14)15/h1-3,6H,4-5H2,(H,18,19). The van der Waals surface area contributed by atoms with Gasteiger partial charge in [0.05, 0.1) is 12.3 Å². The lowest BCUT2D eigenvalue weighted by Gasteiger charge is -2.17. The zero-order valence-corrected chi connectivity index (χ0v) is 11.0. The summed E-state index contributed by atoms with van der Waals surface area (Å²) in [5.41, 5.74) is -0.131. The van der Waals surface area contributed by atoms with Gasteiger partial charge in [0.2, 0.25) is 0 Å². The fourth-order valence-electron chi connectivity index (χ4n) is 1.41. The number of aliphatic carboxylic acids is 1. The quantitative estimate of drug-likeness (QED) is 0.661. The van der Waals surface area contributed by atoms with Gasteiger partial charge in [-0.2, -0.15) is 13.2 Å². The van der Waals surface area contributed by atoms with Crippen molar-refractivity contribution in [1.29, 1.82) is 0 Å². The maximum atomic E-state index is 12.6. The summed E-state index contributed by atoms with van der Waals surface area (Å²) in [6.45, 7) is 0. The SMILES string of the molecule is O=C(O)CC(CC(=O)c1cccc(Br)n1)C(F)(F)F. The fourth-order valence-corrected chi connectivity index (χ4v) is 1.75. The summed E-state index contributed by atoms with van der Waals surface area (Å²) in [5, 5.41) is 8.44. The first-order chi connectivity index (χ1) is 8.70. The zero-order chi connectivity index (χ0) is 14.6. The van der Waals surface area contributed by atoms with Crippen LogP contribution in [0.1, 0.15) is 23.3 Å². The molecule has 19 heavy (non-hydrogen) atoms. The number of aromatic nitrogens is 1. The summed E-state index contributed by atoms with van der Waals surface area (Å²) in [5.74, 6) is -4.65. The number of carbonyl (C=O) groups excluding carboxylic acids is 1. The van der Waals surface area contributed by atoms with Crippen LogP contribution in [0.2, 0.25) is 0 Å². The Morgan fingerprint density at radius 3 is 2.42 bits per heavy atom. The molecule has 0 fully saturated rings. The number of carboxylic acid groups (broad SMARTS) is 1. The highest BCUT2D eigenvalue weighted by molar-refractivity contribution is 9.10. The third-order valence-electron chi connectivity index (χ3n) is 2.32. The van der Waals surface area contributed by atoms with Crippen LogP contribution < -0.4 is 0 Å². The van der Waals surface area contributed by atoms with Crippen molar-refractivity contribution in [1.82, 2.24) is 4.98 Å². The van der Waals surface area contributed by atoms with Gasteiger partial charge in [-0.3, -0.25) is 9.59 Å². The van der Waals surface area contributed by atoms with Gasteiger partial charge in [0.25, 0.3) is 0 Å². The Hall–Kier alpha value is -1.44. The molecule has 4 nitrogen and oxygen atoms in total. The number of carboxylic acids is 1. The minimum absolute atomic E-state index is 0.131. The van der Waals surface area contributed by atoms with Crippen molar-refractivity contribution in [2.24, 2.45) is 5.92 Å². The van der Waals surface area contributed by atoms with E-state index < -0.39 is 36.7 Å². The van der Waals surface area contributed by atoms with E-state index in [9.17, 15) is 22.8 Å². The third-order valence-corrected chi connectivity index (χ3v) is 2.76. The Kier molecular flexibility index (Phi) is 5.04. The molecule has 1 aromatic rings. The predicted octanol–water partition coefficient (Wildman–Crippen LogP) is 3.07. The smallest absolute Gasteiger partial charge is 0.392 e. The molecule has 0 bridgehead atoms. The molecule has 0 aliphatic heterocycles. The highest BCUT2D eigenvalue weighted by Gasteiger charge is 2.42. The molecule has 0 saturated carbocycles. The average molecular weight is 340 g/mol. The molecule has 1 rings (SSSR count). The second kappa shape index (κ2) is 6.14. The van der Waals surface area contributed by atoms with Crippen molar-refractivity contribution in [3.05, 3.63) is 28.5 Å². The van der Waals surface area contributed by atoms with E-state index in [-0.39, 0.29) is 5.69 Å². The highest BCUT2D eigenvalue weighted by atomic mass is 79.9. The number of halogens is 4. The first-order valence-corrected chi connectivity index (χ1v) is 5.93. The number of Topliss-reactive ketones (excluding diaryl/α,β-unsaturated/α-hetero) is 1. The molecule has 8 heteroatoms. The van der Waals surface area contributed by atoms with Crippen molar-refractivity contribution in [3.63, 3.8) is 0 Å². The van der Waals surface area contributed by atoms with E-state index in [1.807, 2.05) is 0 Å². The number of rotatable bonds is 5. The van der Waals surface area contributed by atoms with Gasteiger partial charge in [0.15, 0.2) is 5.78 Å². The van der Waals surface area contributed by atoms with Gasteiger partial charge in [0, 0.05) is 6.42 Å². The van der Waals surface area contributed by atoms with Crippen LogP contribution in [0, 0.1) is 5.92 Å². The molecule has 104 valence electrons. The van der Waals surface area contributed by atoms with Crippen LogP contribution in [0.5, 0.6) is 0 Å². The Morgan fingerprint density at radius 1 is 1.32 bits per heavy atom. The zero-order valence-electron chi connectivity index (χ0n) is 9.45. The summed E-state index contributed by atoms with van der Waals surface area (Å²) >= 11 is 3.00. The minimum atomic E-state index is -4.74. The fraction of sp³-hybridized carbons (Fsp3) is 0.364. The molecule has 0 aliphatic carbocycles. The average Bonchev–Trinajstić information content (AvgIpc) is 2.26. The van der Waals surface area contributed by atoms with Gasteiger partial charge in [-0.1, -0.05) is 6.07 Å². The molecular weight excluding hydrogens is 331 g/mol. The maximum absolute atomic E-state index is 12.6. The lowest BCUT2D eigenvalue weighted by Crippen LogP contribution is -2.28. The molecule has 1 heterocycles. The molecule has 1 atom stereocenters. The maximum Gasteiger partial charge on any atom is 0.392 e. The van der Waals surface area contributed by atoms with E-state index in [4.69, 9.17) is 5.11 Å². The normalized spacial score (nSPS) is 13.1. The van der Waals surface area contributed by atoms with Gasteiger partial charge in [-0.15, -0.1) is 0 Å². The number of ketones is 1. The second-order valence-corrected chi connectivity index (χ2v) is 4.62. The summed E-state index contributed by atoms with van der Waals surface area (Å²) < 4.78 is 38.1. The lowest BCUT2D eigenvalue weighted by molar-refractivity contribution is -0.182. The van der Waals surface area contributed by atoms with Gasteiger partial charge < -0.3 is 5.11 Å². The Morgan fingerprint density at radius 2 is 1.95 bits per heavy atom. The largest absolute Gasteiger partial charge is 0.481 e. The number of nitrogens with zero attached hydrogens (tertiary/aromatic N) is 1. The number of pyridine rings is 1. The van der Waals surface area contributed by atoms with Gasteiger partial charge in [-0.25, -0.2) is 4.98 Å². The molecule has 0 saturated heterocycles. The first-order valence-electron chi connectivity index (χ1n) is 5.14. The molecule has 1 aromatic heterocycles. The molecule has 0 aromatic carbocycles. The molecule has 0 aliphatic rings. The Labute approximate surface area is 114 Å². The summed E-state index contributed by atoms with van der Waals surface area (Å²) in [4.78, 5) is 25.8. The van der Waals surface area contributed by atoms with Crippen molar-refractivity contribution < 1.29 is 27.9 Å². The minimum Gasteiger partial charge on any atom is -0.481 e. The van der Waals surface area contributed by atoms with Crippen LogP contribution in [-0.2, 0) is 4.79 Å². The van der Waals surface area contributed by atoms with E-state index in [1.54, 1.807) is 0 Å². The number of hydrogen-bond donors (Lipinski definition) is 1. The summed E-state index contributed by atoms with van der Waals surface area (Å²) in [7, 11) is 0. The topological polar surface area (TPSA) is 67.3 Å². The summed E-state index contributed by atoms with van der Waals surface area (Å²) in [6.07, 6.45) is -6.80. The number of carbonyl (C=O) groups is 2. The first kappa shape index (κ1) is 15.6. The van der Waals surface area contributed by atoms with Crippen LogP contribution in [0.15, 0.2) is 22.8 Å². The highest BCUT2D eigenvalue weighted by Crippen LogP contribution is 2.32. The molecule has 0 spiro atoms. The molecule has 0 amide bonds. The molecule has 1 unspecified atom stereocenters. The monoisotopic (exact) mass is 339 g/mol. The second-order valence-electron chi connectivity index (χ2n) is 3.81. The van der Waals surface area contributed by atoms with Crippen molar-refractivity contribution >= 4 is 27.7 Å². The van der Waals surface area contributed by atoms with Crippen LogP contribution >= 0.6 is 15.9 Å². The Bertz CT molecular complexity index is 490. The van der Waals surface area contributed by atoms with Crippen molar-refractivity contribution in [2.45, 2.75) is 19.0 Å². The van der Waals surface area contributed by atoms with E-state index in [0.29, 0.717) is 4.60 Å². The van der Waals surface area contributed by atoms with Crippen molar-refractivity contribution in [2.75, 3.05) is 0 Å². The third kappa shape index (κ3) is 4.98. The molecule has 0 radical (unpaired) electrons. The predicted molar refractivity (Wildman–Crippen MR) is 62.7 cm³/mol. The number of alkyl halides is 3. The van der Waals surface area contributed by atoms with Crippen LogP contribution in [0.4, 0.5) is 13.2 Å². The van der Waals surface area contributed by atoms with E-state index in [1.165, 1.54) is 18.2 Å². The van der Waals surface area contributed by atoms with E-state index >= 15 is 0 Å². The number of hydrogen-bond acceptors (Lipinski definition) is 3. The molecular formula is C11H9BrF3NO3. The molecule has 1 N–H and O–H groups in total. The van der Waals surface area contributed by atoms with E-state index in [2.05, 4.69) is 20.9 Å². The van der Waals surface area contributed by atoms with Crippen LogP contribution in [0.25, 0.3) is 0 Å². The van der Waals surface area contributed by atoms with E-state index in [0.717, 1.165) is 0 Å². The Balaban J connectivity index is 2.85. The van der Waals surface area contributed by atoms with Crippen molar-refractivity contribution in [3.8, 4) is 0 Å². The van der Waals surface area contributed by atoms with Crippen LogP contribution in [-0.4, -0.2) is 28.0 Å². The lowest BCUT2D eigenvalue weighted by atomic mass is 9.96. The van der Waals surface area contributed by atoms with Crippen LogP contribution in [0.3, 0.4) is 0 Å². The van der Waals surface area contributed by atoms with Gasteiger partial charge >= 0.3 is 12.1 Å². The van der Waals surface area contributed by atoms with Gasteiger partial charge in [0.1, 0.15) is 10.3 Å². The van der Waals surface area contributed by atoms with Gasteiger partial charge in [-0.05, 0) is 28.1 Å².